The SMILES string of the molecule is CCCCCC/C=C/[C@H]1CCC(=O)[C@@H]1SCCCSC(O)(O)C(=O)O. The molecule has 0 aliphatic heterocycles. The Morgan fingerprint density at radius 1 is 1.24 bits per heavy atom. The van der Waals surface area contributed by atoms with Crippen molar-refractivity contribution in [1.82, 2.24) is 0 Å². The van der Waals surface area contributed by atoms with Crippen LogP contribution in [0.1, 0.15) is 58.3 Å². The molecule has 2 atom stereocenters. The molecule has 0 spiro atoms. The maximum atomic E-state index is 12.1. The van der Waals surface area contributed by atoms with E-state index >= 15 is 0 Å². The van der Waals surface area contributed by atoms with Crippen LogP contribution in [0.5, 0.6) is 0 Å². The van der Waals surface area contributed by atoms with Crippen LogP contribution in [0.3, 0.4) is 0 Å². The zero-order valence-corrected chi connectivity index (χ0v) is 16.5. The van der Waals surface area contributed by atoms with Gasteiger partial charge in [0.2, 0.25) is 0 Å². The summed E-state index contributed by atoms with van der Waals surface area (Å²) in [7, 11) is 0. The lowest BCUT2D eigenvalue weighted by atomic mass is 10.1. The molecule has 1 aliphatic carbocycles. The number of Topliss-reactive ketones (excluding diaryl/α,β-unsaturated/α-hetero) is 1. The van der Waals surface area contributed by atoms with Crippen molar-refractivity contribution in [2.45, 2.75) is 68.7 Å². The number of hydrogen-bond donors (Lipinski definition) is 3. The smallest absolute Gasteiger partial charge is 0.375 e. The number of hydrogen-bond acceptors (Lipinski definition) is 6. The first kappa shape index (κ1) is 22.5. The lowest BCUT2D eigenvalue weighted by molar-refractivity contribution is -0.174. The van der Waals surface area contributed by atoms with Crippen molar-refractivity contribution in [3.05, 3.63) is 12.2 Å². The summed E-state index contributed by atoms with van der Waals surface area (Å²) < 4.78 is 0. The highest BCUT2D eigenvalue weighted by Crippen LogP contribution is 2.34. The Morgan fingerprint density at radius 3 is 2.68 bits per heavy atom. The number of allylic oxidation sites excluding steroid dienone is 2. The molecule has 0 unspecified atom stereocenters. The van der Waals surface area contributed by atoms with Gasteiger partial charge in [0, 0.05) is 6.42 Å². The Hall–Kier alpha value is -0.500. The third kappa shape index (κ3) is 8.62. The molecule has 3 N–H and O–H groups in total. The van der Waals surface area contributed by atoms with E-state index in [-0.39, 0.29) is 5.25 Å². The van der Waals surface area contributed by atoms with Gasteiger partial charge in [0.1, 0.15) is 5.78 Å². The van der Waals surface area contributed by atoms with E-state index in [1.54, 1.807) is 11.8 Å². The fourth-order valence-electron chi connectivity index (χ4n) is 2.76. The molecule has 0 bridgehead atoms. The van der Waals surface area contributed by atoms with Crippen molar-refractivity contribution in [3.63, 3.8) is 0 Å². The Balaban J connectivity index is 2.26. The summed E-state index contributed by atoms with van der Waals surface area (Å²) in [6, 6.07) is 0. The van der Waals surface area contributed by atoms with Crippen LogP contribution in [0, 0.1) is 5.92 Å². The molecule has 0 saturated heterocycles. The summed E-state index contributed by atoms with van der Waals surface area (Å²) in [6.45, 7) is 2.20. The quantitative estimate of drug-likeness (QED) is 0.252. The van der Waals surface area contributed by atoms with Crippen LogP contribution < -0.4 is 0 Å². The molecule has 1 rings (SSSR count). The van der Waals surface area contributed by atoms with E-state index in [1.165, 1.54) is 25.7 Å². The number of aliphatic hydroxyl groups is 2. The average Bonchev–Trinajstić information content (AvgIpc) is 2.90. The van der Waals surface area contributed by atoms with E-state index in [0.29, 0.717) is 47.8 Å². The van der Waals surface area contributed by atoms with Gasteiger partial charge in [0.15, 0.2) is 0 Å². The summed E-state index contributed by atoms with van der Waals surface area (Å²) >= 11 is 2.20. The normalized spacial score (nSPS) is 21.3. The first-order valence-electron chi connectivity index (χ1n) is 9.01. The molecule has 1 saturated carbocycles. The van der Waals surface area contributed by atoms with Crippen LogP contribution in [0.25, 0.3) is 0 Å². The monoisotopic (exact) mass is 390 g/mol. The van der Waals surface area contributed by atoms with Crippen LogP contribution in [-0.2, 0) is 9.59 Å². The maximum absolute atomic E-state index is 12.1. The van der Waals surface area contributed by atoms with Gasteiger partial charge in [-0.15, -0.1) is 11.8 Å². The Labute approximate surface area is 158 Å². The predicted octanol–water partition coefficient (Wildman–Crippen LogP) is 3.44. The van der Waals surface area contributed by atoms with Gasteiger partial charge in [0.25, 0.3) is 0 Å². The molecule has 144 valence electrons. The number of carboxylic acids is 1. The van der Waals surface area contributed by atoms with Crippen molar-refractivity contribution < 1.29 is 24.9 Å². The van der Waals surface area contributed by atoms with Crippen LogP contribution >= 0.6 is 23.5 Å². The van der Waals surface area contributed by atoms with Crippen LogP contribution in [0.4, 0.5) is 0 Å². The van der Waals surface area contributed by atoms with Gasteiger partial charge in [-0.3, -0.25) is 4.79 Å². The molecule has 1 fully saturated rings. The highest BCUT2D eigenvalue weighted by Gasteiger charge is 2.34. The first-order chi connectivity index (χ1) is 11.9. The third-order valence-electron chi connectivity index (χ3n) is 4.21. The predicted molar refractivity (Wildman–Crippen MR) is 104 cm³/mol. The Bertz CT molecular complexity index is 451. The van der Waals surface area contributed by atoms with E-state index < -0.39 is 11.1 Å². The van der Waals surface area contributed by atoms with Crippen LogP contribution in [0.15, 0.2) is 12.2 Å². The van der Waals surface area contributed by atoms with Gasteiger partial charge in [-0.05, 0) is 43.1 Å². The summed E-state index contributed by atoms with van der Waals surface area (Å²) in [5.41, 5.74) is 0. The van der Waals surface area contributed by atoms with Gasteiger partial charge in [-0.1, -0.05) is 50.1 Å². The number of rotatable bonds is 13. The van der Waals surface area contributed by atoms with Gasteiger partial charge >= 0.3 is 11.1 Å². The zero-order valence-electron chi connectivity index (χ0n) is 14.9. The van der Waals surface area contributed by atoms with Gasteiger partial charge in [-0.2, -0.15) is 0 Å². The largest absolute Gasteiger partial charge is 0.477 e. The summed E-state index contributed by atoms with van der Waals surface area (Å²) in [6.07, 6.45) is 12.6. The Kier molecular flexibility index (Phi) is 10.8. The molecule has 1 aliphatic rings. The Morgan fingerprint density at radius 2 is 2.00 bits per heavy atom. The standard InChI is InChI=1S/C18H30O5S2/c1-2-3-4-5-6-7-9-14-10-11-15(19)16(14)24-12-8-13-25-18(22,23)17(20)21/h7,9,14,16,22-23H,2-6,8,10-13H2,1H3,(H,20,21)/b9-7+/t14-,16+/m0/s1. The molecular formula is C18H30O5S2. The number of aliphatic carboxylic acids is 1. The number of ketones is 1. The minimum atomic E-state index is -2.73. The third-order valence-corrected chi connectivity index (χ3v) is 6.77. The summed E-state index contributed by atoms with van der Waals surface area (Å²) in [5.74, 6) is -0.0293. The molecule has 0 radical (unpaired) electrons. The minimum absolute atomic E-state index is 0.00984. The van der Waals surface area contributed by atoms with Crippen molar-refractivity contribution >= 4 is 35.3 Å². The molecule has 0 aromatic heterocycles. The number of carbonyl (C=O) groups excluding carboxylic acids is 1. The minimum Gasteiger partial charge on any atom is -0.477 e. The molecule has 0 amide bonds. The number of carboxylic acid groups (broad SMARTS) is 1. The molecular weight excluding hydrogens is 360 g/mol. The topological polar surface area (TPSA) is 94.8 Å². The summed E-state index contributed by atoms with van der Waals surface area (Å²) in [4.78, 5) is 22.6. The van der Waals surface area contributed by atoms with E-state index in [0.717, 1.165) is 12.8 Å². The van der Waals surface area contributed by atoms with Crippen molar-refractivity contribution in [1.29, 1.82) is 0 Å². The average molecular weight is 391 g/mol. The molecule has 0 aromatic carbocycles. The van der Waals surface area contributed by atoms with E-state index in [1.807, 2.05) is 0 Å². The van der Waals surface area contributed by atoms with Crippen molar-refractivity contribution in [2.75, 3.05) is 11.5 Å². The van der Waals surface area contributed by atoms with Crippen molar-refractivity contribution in [3.8, 4) is 0 Å². The number of thioether (sulfide) groups is 2. The second-order valence-corrected chi connectivity index (χ2v) is 8.87. The second kappa shape index (κ2) is 12.0. The number of carbonyl (C=O) groups is 2. The molecule has 5 nitrogen and oxygen atoms in total. The lowest BCUT2D eigenvalue weighted by Gasteiger charge is -2.16. The molecule has 7 heteroatoms. The highest BCUT2D eigenvalue weighted by molar-refractivity contribution is 8.01. The van der Waals surface area contributed by atoms with Crippen LogP contribution in [-0.4, -0.2) is 48.9 Å². The number of unbranched alkanes of at least 4 members (excludes halogenated alkanes) is 4. The van der Waals surface area contributed by atoms with E-state index in [2.05, 4.69) is 19.1 Å². The first-order valence-corrected chi connectivity index (χ1v) is 11.0. The zero-order chi connectivity index (χ0) is 18.7. The summed E-state index contributed by atoms with van der Waals surface area (Å²) in [5, 5.41) is 24.3. The van der Waals surface area contributed by atoms with Gasteiger partial charge in [-0.25, -0.2) is 4.79 Å². The second-order valence-electron chi connectivity index (χ2n) is 6.35. The highest BCUT2D eigenvalue weighted by atomic mass is 32.2. The molecule has 0 heterocycles. The van der Waals surface area contributed by atoms with Crippen molar-refractivity contribution in [2.24, 2.45) is 5.92 Å². The fraction of sp³-hybridized carbons (Fsp3) is 0.778. The van der Waals surface area contributed by atoms with Crippen LogP contribution in [0.2, 0.25) is 0 Å². The van der Waals surface area contributed by atoms with Gasteiger partial charge < -0.3 is 15.3 Å². The van der Waals surface area contributed by atoms with E-state index in [9.17, 15) is 19.8 Å². The molecule has 25 heavy (non-hydrogen) atoms. The van der Waals surface area contributed by atoms with Gasteiger partial charge in [0.05, 0.1) is 5.25 Å². The maximum Gasteiger partial charge on any atom is 0.375 e. The fourth-order valence-corrected chi connectivity index (χ4v) is 4.98. The molecule has 0 aromatic rings. The lowest BCUT2D eigenvalue weighted by Crippen LogP contribution is -2.34. The van der Waals surface area contributed by atoms with E-state index in [4.69, 9.17) is 5.11 Å².